The molecule has 0 unspecified atom stereocenters. The predicted octanol–water partition coefficient (Wildman–Crippen LogP) is 3.48. The molecule has 16 heavy (non-hydrogen) atoms. The maximum absolute atomic E-state index is 13.4. The zero-order chi connectivity index (χ0) is 11.5. The number of hydrogen-bond donors (Lipinski definition) is 0. The summed E-state index contributed by atoms with van der Waals surface area (Å²) in [7, 11) is 0. The lowest BCUT2D eigenvalue weighted by atomic mass is 10.2. The van der Waals surface area contributed by atoms with Crippen LogP contribution in [0.15, 0.2) is 35.2 Å². The zero-order valence-corrected chi connectivity index (χ0v) is 10.0. The van der Waals surface area contributed by atoms with Gasteiger partial charge in [0.2, 0.25) is 5.88 Å². The predicted molar refractivity (Wildman–Crippen MR) is 60.9 cm³/mol. The third-order valence-electron chi connectivity index (χ3n) is 1.93. The van der Waals surface area contributed by atoms with Gasteiger partial charge in [0.15, 0.2) is 11.6 Å². The Morgan fingerprint density at radius 1 is 1.38 bits per heavy atom. The zero-order valence-electron chi connectivity index (χ0n) is 8.45. The summed E-state index contributed by atoms with van der Waals surface area (Å²) >= 11 is 3.22. The Labute approximate surface area is 100 Å². The molecule has 2 rings (SSSR count). The molecular weight excluding hydrogens is 275 g/mol. The first-order chi connectivity index (χ1) is 7.66. The van der Waals surface area contributed by atoms with Crippen molar-refractivity contribution in [3.05, 3.63) is 46.6 Å². The van der Waals surface area contributed by atoms with Crippen molar-refractivity contribution in [2.24, 2.45) is 0 Å². The van der Waals surface area contributed by atoms with Crippen LogP contribution in [0.1, 0.15) is 5.56 Å². The molecule has 0 bridgehead atoms. The second-order valence-electron chi connectivity index (χ2n) is 3.21. The highest BCUT2D eigenvalue weighted by molar-refractivity contribution is 9.10. The van der Waals surface area contributed by atoms with Crippen molar-refractivity contribution in [2.45, 2.75) is 6.92 Å². The van der Waals surface area contributed by atoms with Crippen LogP contribution < -0.4 is 4.74 Å². The van der Waals surface area contributed by atoms with Gasteiger partial charge in [-0.2, -0.15) is 0 Å². The van der Waals surface area contributed by atoms with Gasteiger partial charge in [-0.1, -0.05) is 6.07 Å². The second kappa shape index (κ2) is 4.57. The molecule has 1 heterocycles. The van der Waals surface area contributed by atoms with Crippen molar-refractivity contribution < 1.29 is 9.13 Å². The van der Waals surface area contributed by atoms with Crippen LogP contribution in [0.2, 0.25) is 0 Å². The molecule has 0 aliphatic rings. The number of ether oxygens (including phenoxy) is 1. The average Bonchev–Trinajstić information content (AvgIpc) is 2.27. The third kappa shape index (κ3) is 2.36. The van der Waals surface area contributed by atoms with E-state index in [2.05, 4.69) is 25.9 Å². The molecule has 0 amide bonds. The van der Waals surface area contributed by atoms with Crippen LogP contribution in [0, 0.1) is 12.7 Å². The van der Waals surface area contributed by atoms with Crippen LogP contribution >= 0.6 is 15.9 Å². The SMILES string of the molecule is Cc1ccc(F)c(Oc2ncncc2Br)c1. The van der Waals surface area contributed by atoms with Crippen molar-refractivity contribution in [3.63, 3.8) is 0 Å². The Morgan fingerprint density at radius 3 is 2.94 bits per heavy atom. The number of rotatable bonds is 2. The van der Waals surface area contributed by atoms with Gasteiger partial charge >= 0.3 is 0 Å². The summed E-state index contributed by atoms with van der Waals surface area (Å²) in [5.74, 6) is 0.0232. The summed E-state index contributed by atoms with van der Waals surface area (Å²) in [6.45, 7) is 1.86. The Hall–Kier alpha value is -1.49. The summed E-state index contributed by atoms with van der Waals surface area (Å²) in [6, 6.07) is 4.65. The molecule has 5 heteroatoms. The fraction of sp³-hybridized carbons (Fsp3) is 0.0909. The normalized spacial score (nSPS) is 10.2. The molecule has 0 spiro atoms. The van der Waals surface area contributed by atoms with Crippen LogP contribution in [0.25, 0.3) is 0 Å². The first kappa shape index (κ1) is 11.0. The number of benzene rings is 1. The Balaban J connectivity index is 2.34. The van der Waals surface area contributed by atoms with E-state index in [9.17, 15) is 4.39 Å². The van der Waals surface area contributed by atoms with E-state index < -0.39 is 5.82 Å². The fourth-order valence-corrected chi connectivity index (χ4v) is 1.47. The van der Waals surface area contributed by atoms with E-state index in [0.717, 1.165) is 5.56 Å². The number of aryl methyl sites for hydroxylation is 1. The maximum Gasteiger partial charge on any atom is 0.236 e. The lowest BCUT2D eigenvalue weighted by molar-refractivity contribution is 0.423. The molecule has 0 radical (unpaired) electrons. The quantitative estimate of drug-likeness (QED) is 0.846. The molecule has 0 aliphatic carbocycles. The molecule has 2 aromatic rings. The van der Waals surface area contributed by atoms with Crippen molar-refractivity contribution in [1.82, 2.24) is 9.97 Å². The topological polar surface area (TPSA) is 35.0 Å². The second-order valence-corrected chi connectivity index (χ2v) is 4.07. The van der Waals surface area contributed by atoms with Crippen LogP contribution in [0.3, 0.4) is 0 Å². The van der Waals surface area contributed by atoms with Crippen molar-refractivity contribution in [1.29, 1.82) is 0 Å². The van der Waals surface area contributed by atoms with Gasteiger partial charge in [0.25, 0.3) is 0 Å². The van der Waals surface area contributed by atoms with Gasteiger partial charge in [0, 0.05) is 6.20 Å². The van der Waals surface area contributed by atoms with E-state index >= 15 is 0 Å². The van der Waals surface area contributed by atoms with Gasteiger partial charge in [0.1, 0.15) is 6.33 Å². The number of halogens is 2. The monoisotopic (exact) mass is 282 g/mol. The highest BCUT2D eigenvalue weighted by Crippen LogP contribution is 2.28. The Morgan fingerprint density at radius 2 is 2.19 bits per heavy atom. The molecule has 1 aromatic carbocycles. The summed E-state index contributed by atoms with van der Waals surface area (Å²) in [6.07, 6.45) is 2.88. The van der Waals surface area contributed by atoms with E-state index in [1.54, 1.807) is 12.1 Å². The summed E-state index contributed by atoms with van der Waals surface area (Å²) < 4.78 is 19.3. The van der Waals surface area contributed by atoms with Crippen LogP contribution in [0.5, 0.6) is 11.6 Å². The molecule has 1 aromatic heterocycles. The molecule has 3 nitrogen and oxygen atoms in total. The van der Waals surface area contributed by atoms with Crippen molar-refractivity contribution >= 4 is 15.9 Å². The Bertz CT molecular complexity index is 519. The van der Waals surface area contributed by atoms with E-state index in [-0.39, 0.29) is 5.75 Å². The minimum absolute atomic E-state index is 0.152. The number of hydrogen-bond acceptors (Lipinski definition) is 3. The van der Waals surface area contributed by atoms with Gasteiger partial charge in [-0.15, -0.1) is 0 Å². The molecule has 82 valence electrons. The summed E-state index contributed by atoms with van der Waals surface area (Å²) in [5, 5.41) is 0. The molecular formula is C11H8BrFN2O. The molecule has 0 saturated heterocycles. The summed E-state index contributed by atoms with van der Waals surface area (Å²) in [4.78, 5) is 7.69. The molecule has 0 fully saturated rings. The maximum atomic E-state index is 13.4. The summed E-state index contributed by atoms with van der Waals surface area (Å²) in [5.41, 5.74) is 0.918. The number of nitrogens with zero attached hydrogens (tertiary/aromatic N) is 2. The van der Waals surface area contributed by atoms with Crippen LogP contribution in [-0.2, 0) is 0 Å². The van der Waals surface area contributed by atoms with E-state index in [0.29, 0.717) is 10.4 Å². The smallest absolute Gasteiger partial charge is 0.236 e. The van der Waals surface area contributed by atoms with E-state index in [4.69, 9.17) is 4.74 Å². The van der Waals surface area contributed by atoms with Gasteiger partial charge in [-0.3, -0.25) is 0 Å². The van der Waals surface area contributed by atoms with Gasteiger partial charge in [-0.25, -0.2) is 14.4 Å². The van der Waals surface area contributed by atoms with E-state index in [1.165, 1.54) is 18.6 Å². The average molecular weight is 283 g/mol. The third-order valence-corrected chi connectivity index (χ3v) is 2.47. The Kier molecular flexibility index (Phi) is 3.14. The molecule has 0 aliphatic heterocycles. The standard InChI is InChI=1S/C11H8BrFN2O/c1-7-2-3-9(13)10(4-7)16-11-8(12)5-14-6-15-11/h2-6H,1H3. The lowest BCUT2D eigenvalue weighted by Gasteiger charge is -2.07. The minimum Gasteiger partial charge on any atom is -0.435 e. The molecule has 0 saturated carbocycles. The van der Waals surface area contributed by atoms with Crippen molar-refractivity contribution in [3.8, 4) is 11.6 Å². The molecule has 0 N–H and O–H groups in total. The fourth-order valence-electron chi connectivity index (χ4n) is 1.17. The van der Waals surface area contributed by atoms with Crippen molar-refractivity contribution in [2.75, 3.05) is 0 Å². The lowest BCUT2D eigenvalue weighted by Crippen LogP contribution is -1.93. The van der Waals surface area contributed by atoms with Gasteiger partial charge < -0.3 is 4.74 Å². The first-order valence-corrected chi connectivity index (χ1v) is 5.35. The largest absolute Gasteiger partial charge is 0.435 e. The highest BCUT2D eigenvalue weighted by Gasteiger charge is 2.08. The van der Waals surface area contributed by atoms with Gasteiger partial charge in [-0.05, 0) is 40.5 Å². The highest BCUT2D eigenvalue weighted by atomic mass is 79.9. The first-order valence-electron chi connectivity index (χ1n) is 4.56. The number of aromatic nitrogens is 2. The van der Waals surface area contributed by atoms with Crippen LogP contribution in [0.4, 0.5) is 4.39 Å². The van der Waals surface area contributed by atoms with E-state index in [1.807, 2.05) is 6.92 Å². The minimum atomic E-state index is -0.420. The molecule has 0 atom stereocenters. The van der Waals surface area contributed by atoms with Crippen LogP contribution in [-0.4, -0.2) is 9.97 Å². The van der Waals surface area contributed by atoms with Gasteiger partial charge in [0.05, 0.1) is 4.47 Å².